The minimum Gasteiger partial charge on any atom is -0.507 e. The van der Waals surface area contributed by atoms with Crippen LogP contribution in [0.25, 0.3) is 5.76 Å². The Kier molecular flexibility index (Phi) is 5.07. The fourth-order valence-corrected chi connectivity index (χ4v) is 4.73. The molecule has 5 rings (SSSR count). The topological polar surface area (TPSA) is 85.3 Å². The maximum absolute atomic E-state index is 13.2. The van der Waals surface area contributed by atoms with Crippen LogP contribution >= 0.6 is 11.3 Å². The normalized spacial score (nSPS) is 18.9. The predicted molar refractivity (Wildman–Crippen MR) is 119 cm³/mol. The van der Waals surface area contributed by atoms with Crippen molar-refractivity contribution in [3.8, 4) is 17.2 Å². The summed E-state index contributed by atoms with van der Waals surface area (Å²) in [6.07, 6.45) is 0. The molecule has 0 spiro atoms. The van der Waals surface area contributed by atoms with Gasteiger partial charge in [0.15, 0.2) is 11.5 Å². The van der Waals surface area contributed by atoms with Crippen molar-refractivity contribution in [3.05, 3.63) is 76.0 Å². The number of anilines is 1. The first-order valence-electron chi connectivity index (χ1n) is 10.1. The van der Waals surface area contributed by atoms with Crippen molar-refractivity contribution in [1.82, 2.24) is 0 Å². The van der Waals surface area contributed by atoms with Gasteiger partial charge in [0, 0.05) is 22.2 Å². The minimum atomic E-state index is -0.766. The highest BCUT2D eigenvalue weighted by Gasteiger charge is 2.47. The SMILES string of the molecule is CCOc1cccc(N2C(=O)C(=O)/C(=C(\O)c3ccc4c(c3)OCO4)C2c2cccs2)c1. The lowest BCUT2D eigenvalue weighted by Crippen LogP contribution is -2.29. The number of amides is 1. The monoisotopic (exact) mass is 449 g/mol. The van der Waals surface area contributed by atoms with Crippen LogP contribution in [0, 0.1) is 0 Å². The molecule has 1 amide bonds. The molecule has 3 aromatic rings. The molecule has 1 atom stereocenters. The summed E-state index contributed by atoms with van der Waals surface area (Å²) in [7, 11) is 0. The molecule has 0 bridgehead atoms. The number of hydrogen-bond donors (Lipinski definition) is 1. The Hall–Kier alpha value is -3.78. The molecule has 1 unspecified atom stereocenters. The van der Waals surface area contributed by atoms with Crippen molar-refractivity contribution in [2.24, 2.45) is 0 Å². The molecule has 1 N–H and O–H groups in total. The molecule has 32 heavy (non-hydrogen) atoms. The van der Waals surface area contributed by atoms with Crippen molar-refractivity contribution in [2.45, 2.75) is 13.0 Å². The molecule has 1 saturated heterocycles. The lowest BCUT2D eigenvalue weighted by Gasteiger charge is -2.24. The van der Waals surface area contributed by atoms with E-state index >= 15 is 0 Å². The fourth-order valence-electron chi connectivity index (χ4n) is 3.90. The number of thiophene rings is 1. The van der Waals surface area contributed by atoms with E-state index in [1.165, 1.54) is 16.2 Å². The molecule has 8 heteroatoms. The van der Waals surface area contributed by atoms with Gasteiger partial charge in [0.25, 0.3) is 11.7 Å². The third-order valence-electron chi connectivity index (χ3n) is 5.31. The Bertz CT molecular complexity index is 1230. The maximum Gasteiger partial charge on any atom is 0.300 e. The van der Waals surface area contributed by atoms with Crippen LogP contribution in [0.1, 0.15) is 23.4 Å². The van der Waals surface area contributed by atoms with E-state index in [4.69, 9.17) is 14.2 Å². The Morgan fingerprint density at radius 2 is 1.97 bits per heavy atom. The van der Waals surface area contributed by atoms with Gasteiger partial charge >= 0.3 is 0 Å². The molecule has 1 fully saturated rings. The number of ether oxygens (including phenoxy) is 3. The molecule has 162 valence electrons. The van der Waals surface area contributed by atoms with E-state index in [9.17, 15) is 14.7 Å². The van der Waals surface area contributed by atoms with Crippen molar-refractivity contribution in [3.63, 3.8) is 0 Å². The number of hydrogen-bond acceptors (Lipinski definition) is 7. The summed E-state index contributed by atoms with van der Waals surface area (Å²) in [6, 6.07) is 14.8. The summed E-state index contributed by atoms with van der Waals surface area (Å²) in [5.74, 6) is -0.0965. The van der Waals surface area contributed by atoms with E-state index in [1.807, 2.05) is 24.4 Å². The number of aliphatic hydroxyl groups excluding tert-OH is 1. The zero-order valence-corrected chi connectivity index (χ0v) is 17.9. The second kappa shape index (κ2) is 8.05. The van der Waals surface area contributed by atoms with E-state index in [0.717, 1.165) is 4.88 Å². The molecular formula is C24H19NO6S. The van der Waals surface area contributed by atoms with Gasteiger partial charge in [-0.2, -0.15) is 0 Å². The van der Waals surface area contributed by atoms with Gasteiger partial charge < -0.3 is 19.3 Å². The highest BCUT2D eigenvalue weighted by atomic mass is 32.1. The number of aliphatic hydroxyl groups is 1. The van der Waals surface area contributed by atoms with E-state index in [0.29, 0.717) is 35.1 Å². The van der Waals surface area contributed by atoms with E-state index < -0.39 is 17.7 Å². The zero-order chi connectivity index (χ0) is 22.2. The largest absolute Gasteiger partial charge is 0.507 e. The average molecular weight is 449 g/mol. The highest BCUT2D eigenvalue weighted by Crippen LogP contribution is 2.45. The van der Waals surface area contributed by atoms with Gasteiger partial charge in [-0.05, 0) is 48.7 Å². The van der Waals surface area contributed by atoms with Crippen LogP contribution < -0.4 is 19.1 Å². The second-order valence-electron chi connectivity index (χ2n) is 7.18. The number of ketones is 1. The van der Waals surface area contributed by atoms with Crippen molar-refractivity contribution in [2.75, 3.05) is 18.3 Å². The zero-order valence-electron chi connectivity index (χ0n) is 17.1. The van der Waals surface area contributed by atoms with Crippen LogP contribution in [0.3, 0.4) is 0 Å². The van der Waals surface area contributed by atoms with Crippen LogP contribution in [0.5, 0.6) is 17.2 Å². The van der Waals surface area contributed by atoms with E-state index in [1.54, 1.807) is 42.5 Å². The van der Waals surface area contributed by atoms with Crippen LogP contribution in [0.15, 0.2) is 65.6 Å². The standard InChI is InChI=1S/C24H19NO6S/c1-2-29-16-6-3-5-15(12-16)25-21(19-7-4-10-32-19)20(23(27)24(25)28)22(26)14-8-9-17-18(11-14)31-13-30-17/h3-12,21,26H,2,13H2,1H3/b22-20-. The van der Waals surface area contributed by atoms with Gasteiger partial charge in [-0.15, -0.1) is 11.3 Å². The summed E-state index contributed by atoms with van der Waals surface area (Å²) in [4.78, 5) is 28.5. The first-order chi connectivity index (χ1) is 15.6. The number of benzene rings is 2. The molecule has 2 aliphatic heterocycles. The third-order valence-corrected chi connectivity index (χ3v) is 6.23. The Morgan fingerprint density at radius 1 is 1.12 bits per heavy atom. The first-order valence-corrected chi connectivity index (χ1v) is 10.9. The van der Waals surface area contributed by atoms with Crippen molar-refractivity contribution >= 4 is 34.5 Å². The molecule has 0 saturated carbocycles. The first kappa shape index (κ1) is 20.1. The molecule has 7 nitrogen and oxygen atoms in total. The molecule has 0 radical (unpaired) electrons. The van der Waals surface area contributed by atoms with Crippen LogP contribution in [0.4, 0.5) is 5.69 Å². The number of rotatable bonds is 5. The van der Waals surface area contributed by atoms with Gasteiger partial charge in [-0.25, -0.2) is 0 Å². The lowest BCUT2D eigenvalue weighted by atomic mass is 9.99. The molecule has 3 heterocycles. The molecule has 1 aromatic heterocycles. The van der Waals surface area contributed by atoms with Gasteiger partial charge in [0.2, 0.25) is 6.79 Å². The van der Waals surface area contributed by atoms with Crippen molar-refractivity contribution in [1.29, 1.82) is 0 Å². The van der Waals surface area contributed by atoms with Crippen LogP contribution in [-0.4, -0.2) is 30.2 Å². The van der Waals surface area contributed by atoms with Crippen LogP contribution in [-0.2, 0) is 9.59 Å². The Balaban J connectivity index is 1.66. The lowest BCUT2D eigenvalue weighted by molar-refractivity contribution is -0.132. The number of Topliss-reactive ketones (excluding diaryl/α,β-unsaturated/α-hetero) is 1. The molecule has 2 aliphatic rings. The Labute approximate surface area is 188 Å². The number of carbonyl (C=O) groups is 2. The molecule has 0 aliphatic carbocycles. The fraction of sp³-hybridized carbons (Fsp3) is 0.167. The van der Waals surface area contributed by atoms with Crippen molar-refractivity contribution < 1.29 is 28.9 Å². The molecular weight excluding hydrogens is 430 g/mol. The smallest absolute Gasteiger partial charge is 0.300 e. The van der Waals surface area contributed by atoms with E-state index in [-0.39, 0.29) is 18.1 Å². The van der Waals surface area contributed by atoms with Gasteiger partial charge in [-0.1, -0.05) is 12.1 Å². The van der Waals surface area contributed by atoms with Gasteiger partial charge in [-0.3, -0.25) is 14.5 Å². The summed E-state index contributed by atoms with van der Waals surface area (Å²) in [5, 5.41) is 13.0. The number of carbonyl (C=O) groups excluding carboxylic acids is 2. The minimum absolute atomic E-state index is 0.0260. The highest BCUT2D eigenvalue weighted by molar-refractivity contribution is 7.10. The summed E-state index contributed by atoms with van der Waals surface area (Å²) in [6.45, 7) is 2.44. The van der Waals surface area contributed by atoms with Gasteiger partial charge in [0.05, 0.1) is 12.2 Å². The summed E-state index contributed by atoms with van der Waals surface area (Å²) < 4.78 is 16.3. The summed E-state index contributed by atoms with van der Waals surface area (Å²) >= 11 is 1.41. The number of nitrogens with zero attached hydrogens (tertiary/aromatic N) is 1. The predicted octanol–water partition coefficient (Wildman–Crippen LogP) is 4.50. The summed E-state index contributed by atoms with van der Waals surface area (Å²) in [5.41, 5.74) is 0.913. The second-order valence-corrected chi connectivity index (χ2v) is 8.16. The third kappa shape index (κ3) is 3.29. The quantitative estimate of drug-likeness (QED) is 0.351. The Morgan fingerprint density at radius 3 is 2.75 bits per heavy atom. The number of fused-ring (bicyclic) bond motifs is 1. The molecule has 2 aromatic carbocycles. The average Bonchev–Trinajstić information content (AvgIpc) is 3.54. The maximum atomic E-state index is 13.2. The van der Waals surface area contributed by atoms with Crippen LogP contribution in [0.2, 0.25) is 0 Å². The van der Waals surface area contributed by atoms with E-state index in [2.05, 4.69) is 0 Å². The van der Waals surface area contributed by atoms with Gasteiger partial charge in [0.1, 0.15) is 17.6 Å².